The van der Waals surface area contributed by atoms with Crippen molar-refractivity contribution in [2.75, 3.05) is 30.3 Å². The number of anilines is 2. The van der Waals surface area contributed by atoms with E-state index in [1.807, 2.05) is 126 Å². The van der Waals surface area contributed by atoms with Gasteiger partial charge < -0.3 is 52.3 Å². The van der Waals surface area contributed by atoms with E-state index in [1.165, 1.54) is 0 Å². The van der Waals surface area contributed by atoms with Crippen molar-refractivity contribution in [1.29, 1.82) is 0 Å². The van der Waals surface area contributed by atoms with Crippen molar-refractivity contribution >= 4 is 130 Å². The number of nitrogens with zero attached hydrogens (tertiary/aromatic N) is 6. The summed E-state index contributed by atoms with van der Waals surface area (Å²) in [6, 6.07) is 30.5. The Morgan fingerprint density at radius 2 is 1.01 bits per heavy atom. The fourth-order valence-corrected chi connectivity index (χ4v) is 11.1. The van der Waals surface area contributed by atoms with Gasteiger partial charge in [-0.15, -0.1) is 0 Å². The summed E-state index contributed by atoms with van der Waals surface area (Å²) in [5.41, 5.74) is 13.9. The van der Waals surface area contributed by atoms with Gasteiger partial charge >= 0.3 is 7.12 Å². The second-order valence-electron chi connectivity index (χ2n) is 24.9. The monoisotopic (exact) mass is 1390 g/mol. The zero-order valence-electron chi connectivity index (χ0n) is 52.3. The molecule has 0 bridgehead atoms. The van der Waals surface area contributed by atoms with Crippen LogP contribution < -0.4 is 48.4 Å². The number of piperidine rings is 3. The number of rotatable bonds is 10. The van der Waals surface area contributed by atoms with E-state index in [4.69, 9.17) is 26.6 Å². The van der Waals surface area contributed by atoms with Crippen molar-refractivity contribution in [3.05, 3.63) is 146 Å². The summed E-state index contributed by atoms with van der Waals surface area (Å²) < 4.78 is 14.2. The number of fused-ring (bicyclic) bond motifs is 3. The molecule has 7 heterocycles. The third-order valence-electron chi connectivity index (χ3n) is 16.8. The first kappa shape index (κ1) is 67.2. The van der Waals surface area contributed by atoms with Gasteiger partial charge in [-0.2, -0.15) is 0 Å². The van der Waals surface area contributed by atoms with Crippen molar-refractivity contribution in [2.24, 2.45) is 5.73 Å². The van der Waals surface area contributed by atoms with Gasteiger partial charge in [-0.25, -0.2) is 29.9 Å². The van der Waals surface area contributed by atoms with E-state index >= 15 is 0 Å². The van der Waals surface area contributed by atoms with E-state index in [1.54, 1.807) is 12.4 Å². The molecule has 3 atom stereocenters. The minimum absolute atomic E-state index is 0.0116. The van der Waals surface area contributed by atoms with E-state index in [2.05, 4.69) is 112 Å². The van der Waals surface area contributed by atoms with Gasteiger partial charge in [0, 0.05) is 124 Å². The number of aromatic nitrogens is 6. The lowest BCUT2D eigenvalue weighted by atomic mass is 9.75. The SMILES string of the molecule is Cc1ccc(C(=O)NC2CC2)cc1-c1ccc2nc(N[C@H]3CCC(=O)NC3)ncc2c1.Cc1ccc(C(=O)NC2CC2)cc1B1OC(C)(C)C(C)(C)O1.Clc1ncc2cc(Br)ccc2n1.N[C@H]1CCC(=O)NC1.O=C1CC[C@H](Nc2ncc3cc(Br)ccc3n2)CN1. The first-order chi connectivity index (χ1) is 44.0. The number of halogens is 3. The lowest BCUT2D eigenvalue weighted by Gasteiger charge is -2.32. The Labute approximate surface area is 556 Å². The number of nitrogens with two attached hydrogens (primary N) is 1. The van der Waals surface area contributed by atoms with Crippen LogP contribution in [-0.4, -0.2) is 128 Å². The number of amides is 5. The van der Waals surface area contributed by atoms with Crippen molar-refractivity contribution < 1.29 is 33.3 Å². The van der Waals surface area contributed by atoms with Crippen LogP contribution in [0.4, 0.5) is 11.9 Å². The lowest BCUT2D eigenvalue weighted by Crippen LogP contribution is -2.42. The van der Waals surface area contributed by atoms with Crippen LogP contribution in [0.2, 0.25) is 5.28 Å². The zero-order chi connectivity index (χ0) is 65.3. The van der Waals surface area contributed by atoms with Crippen LogP contribution >= 0.6 is 43.5 Å². The van der Waals surface area contributed by atoms with Crippen LogP contribution in [0.25, 0.3) is 43.8 Å². The molecule has 0 radical (unpaired) electrons. The van der Waals surface area contributed by atoms with Gasteiger partial charge in [0.2, 0.25) is 34.9 Å². The minimum Gasteiger partial charge on any atom is -0.399 e. The van der Waals surface area contributed by atoms with Crippen LogP contribution in [0.3, 0.4) is 0 Å². The van der Waals surface area contributed by atoms with Crippen LogP contribution in [0, 0.1) is 13.8 Å². The number of nitrogens with one attached hydrogen (secondary N) is 7. The maximum atomic E-state index is 12.5. The number of hydrogen-bond donors (Lipinski definition) is 8. The predicted molar refractivity (Wildman–Crippen MR) is 367 cm³/mol. The predicted octanol–water partition coefficient (Wildman–Crippen LogP) is 9.73. The molecule has 25 heteroatoms. The summed E-state index contributed by atoms with van der Waals surface area (Å²) in [5, 5.41) is 24.2. The van der Waals surface area contributed by atoms with E-state index < -0.39 is 7.12 Å². The third-order valence-corrected chi connectivity index (χ3v) is 18.0. The van der Waals surface area contributed by atoms with Gasteiger partial charge in [-0.1, -0.05) is 55.6 Å². The van der Waals surface area contributed by atoms with E-state index in [0.717, 1.165) is 114 Å². The highest BCUT2D eigenvalue weighted by molar-refractivity contribution is 9.10. The van der Waals surface area contributed by atoms with Crippen LogP contribution in [-0.2, 0) is 23.7 Å². The summed E-state index contributed by atoms with van der Waals surface area (Å²) in [4.78, 5) is 83.4. The number of benzene rings is 5. The fraction of sp³-hybridized carbons (Fsp3) is 0.388. The lowest BCUT2D eigenvalue weighted by molar-refractivity contribution is -0.123. The number of carbonyl (C=O) groups is 5. The largest absolute Gasteiger partial charge is 0.495 e. The maximum absolute atomic E-state index is 12.5. The Hall–Kier alpha value is -7.74. The molecule has 6 fully saturated rings. The van der Waals surface area contributed by atoms with Crippen LogP contribution in [0.1, 0.15) is 124 Å². The molecule has 92 heavy (non-hydrogen) atoms. The normalized spacial score (nSPS) is 19.6. The highest BCUT2D eigenvalue weighted by Crippen LogP contribution is 2.37. The Balaban J connectivity index is 0.000000134. The molecule has 4 aliphatic heterocycles. The second kappa shape index (κ2) is 29.9. The van der Waals surface area contributed by atoms with Gasteiger partial charge in [0.25, 0.3) is 11.8 Å². The molecule has 21 nitrogen and oxygen atoms in total. The molecular formula is C67H76BBr2ClN14O7. The van der Waals surface area contributed by atoms with Gasteiger partial charge in [0.15, 0.2) is 0 Å². The third kappa shape index (κ3) is 18.5. The van der Waals surface area contributed by atoms with Crippen molar-refractivity contribution in [1.82, 2.24) is 56.5 Å². The minimum atomic E-state index is -0.432. The van der Waals surface area contributed by atoms with Gasteiger partial charge in [-0.05, 0) is 193 Å². The average molecular weight is 1400 g/mol. The van der Waals surface area contributed by atoms with Crippen LogP contribution in [0.15, 0.2) is 119 Å². The summed E-state index contributed by atoms with van der Waals surface area (Å²) >= 11 is 12.4. The second-order valence-corrected chi connectivity index (χ2v) is 27.0. The summed E-state index contributed by atoms with van der Waals surface area (Å²) in [6.45, 7) is 14.1. The van der Waals surface area contributed by atoms with Gasteiger partial charge in [-0.3, -0.25) is 24.0 Å². The van der Waals surface area contributed by atoms with Crippen LogP contribution in [0.5, 0.6) is 0 Å². The maximum Gasteiger partial charge on any atom is 0.495 e. The number of carbonyl (C=O) groups excluding carboxylic acids is 5. The molecule has 9 N–H and O–H groups in total. The Bertz CT molecular complexity index is 3960. The standard InChI is InChI=1S/C24H25N5O2.C17H24BNO3.C13H13BrN4O.C8H4BrClN2.C5H10N2O/c1-14-2-3-16(23(31)27-18-5-6-18)11-20(14)15-4-8-21-17(10-15)12-26-24(29-21)28-19-7-9-22(30)25-13-19;1-11-6-7-12(15(20)19-13-8-9-13)10-14(11)18-21-16(2,3)17(4,5)22-18;14-9-1-3-11-8(5-9)6-16-13(18-11)17-10-2-4-12(19)15-7-10;9-6-1-2-7-5(3-6)4-11-8(10)12-7;6-4-1-2-5(8)7-3-4/h2-4,8,10-12,18-19H,5-7,9,13H2,1H3,(H,25,30)(H,27,31)(H,26,28,29);6-7,10,13H,8-9H2,1-5H3,(H,19,20);1,3,5-6,10H,2,4,7H2,(H,15,19)(H,16,17,18);1-4H;4H,1-3,6H2,(H,7,8)/t19-;;10-;;4-/m0.0.0/s1. The van der Waals surface area contributed by atoms with Crippen molar-refractivity contribution in [3.8, 4) is 11.1 Å². The quantitative estimate of drug-likeness (QED) is 0.0467. The topological polar surface area (TPSA) is 291 Å². The molecule has 2 saturated carbocycles. The number of aryl methyl sites for hydroxylation is 2. The first-order valence-corrected chi connectivity index (χ1v) is 33.0. The van der Waals surface area contributed by atoms with E-state index in [0.29, 0.717) is 74.0 Å². The Kier molecular flexibility index (Phi) is 21.8. The molecule has 0 unspecified atom stereocenters. The van der Waals surface area contributed by atoms with Gasteiger partial charge in [0.05, 0.1) is 27.8 Å². The Morgan fingerprint density at radius 3 is 1.49 bits per heavy atom. The molecular weight excluding hydrogens is 1320 g/mol. The first-order valence-electron chi connectivity index (χ1n) is 31.0. The highest BCUT2D eigenvalue weighted by atomic mass is 79.9. The molecule has 4 saturated heterocycles. The molecule has 14 rings (SSSR count). The summed E-state index contributed by atoms with van der Waals surface area (Å²) in [6.07, 6.45) is 13.7. The molecule has 8 aromatic rings. The molecule has 2 aliphatic carbocycles. The van der Waals surface area contributed by atoms with Crippen molar-refractivity contribution in [3.63, 3.8) is 0 Å². The van der Waals surface area contributed by atoms with Crippen molar-refractivity contribution in [2.45, 2.75) is 147 Å². The molecule has 480 valence electrons. The number of hydrogen-bond acceptors (Lipinski definition) is 16. The highest BCUT2D eigenvalue weighted by Gasteiger charge is 2.52. The molecule has 5 amide bonds. The fourth-order valence-electron chi connectivity index (χ4n) is 10.2. The molecule has 5 aromatic carbocycles. The van der Waals surface area contributed by atoms with E-state index in [9.17, 15) is 24.0 Å². The summed E-state index contributed by atoms with van der Waals surface area (Å²) in [5.74, 6) is 1.48. The molecule has 6 aliphatic rings. The average Bonchev–Trinajstić information content (AvgIpc) is 1.76. The summed E-state index contributed by atoms with van der Waals surface area (Å²) in [7, 11) is -0.432. The van der Waals surface area contributed by atoms with E-state index in [-0.39, 0.29) is 64.1 Å². The zero-order valence-corrected chi connectivity index (χ0v) is 56.2. The molecule has 0 spiro atoms. The smallest absolute Gasteiger partial charge is 0.399 e. The van der Waals surface area contributed by atoms with Gasteiger partial charge in [0.1, 0.15) is 0 Å². The Morgan fingerprint density at radius 1 is 0.554 bits per heavy atom. The molecule has 3 aromatic heterocycles.